The summed E-state index contributed by atoms with van der Waals surface area (Å²) in [6.07, 6.45) is 5.02. The quantitative estimate of drug-likeness (QED) is 0.884. The van der Waals surface area contributed by atoms with Gasteiger partial charge in [-0.25, -0.2) is 5.10 Å². The van der Waals surface area contributed by atoms with E-state index in [1.54, 1.807) is 13.3 Å². The molecule has 0 radical (unpaired) electrons. The van der Waals surface area contributed by atoms with Crippen LogP contribution >= 0.6 is 15.9 Å². The molecule has 5 nitrogen and oxygen atoms in total. The third-order valence-electron chi connectivity index (χ3n) is 2.87. The Balaban J connectivity index is 2.05. The number of hydrogen-bond acceptors (Lipinski definition) is 4. The van der Waals surface area contributed by atoms with Gasteiger partial charge >= 0.3 is 0 Å². The number of H-pyrrole nitrogens is 1. The highest BCUT2D eigenvalue weighted by molar-refractivity contribution is 9.10. The monoisotopic (exact) mass is 287 g/mol. The highest BCUT2D eigenvalue weighted by Gasteiger charge is 2.24. The molecule has 1 heterocycles. The van der Waals surface area contributed by atoms with Crippen molar-refractivity contribution in [2.24, 2.45) is 0 Å². The topological polar surface area (TPSA) is 67.0 Å². The summed E-state index contributed by atoms with van der Waals surface area (Å²) < 4.78 is 5.80. The highest BCUT2D eigenvalue weighted by atomic mass is 79.9. The van der Waals surface area contributed by atoms with Crippen molar-refractivity contribution in [3.05, 3.63) is 21.0 Å². The zero-order valence-electron chi connectivity index (χ0n) is 9.00. The molecule has 0 amide bonds. The van der Waals surface area contributed by atoms with Crippen molar-refractivity contribution in [1.29, 1.82) is 0 Å². The predicted octanol–water partition coefficient (Wildman–Crippen LogP) is 1.51. The van der Waals surface area contributed by atoms with Gasteiger partial charge in [0.15, 0.2) is 0 Å². The van der Waals surface area contributed by atoms with E-state index in [0.29, 0.717) is 16.6 Å². The molecule has 1 saturated carbocycles. The number of nitrogens with zero attached hydrogens (tertiary/aromatic N) is 1. The van der Waals surface area contributed by atoms with Gasteiger partial charge in [-0.1, -0.05) is 0 Å². The van der Waals surface area contributed by atoms with E-state index in [1.807, 2.05) is 0 Å². The molecule has 16 heavy (non-hydrogen) atoms. The van der Waals surface area contributed by atoms with Crippen molar-refractivity contribution >= 4 is 21.6 Å². The van der Waals surface area contributed by atoms with Gasteiger partial charge in [0.25, 0.3) is 5.56 Å². The first-order valence-corrected chi connectivity index (χ1v) is 6.02. The van der Waals surface area contributed by atoms with Crippen LogP contribution in [-0.4, -0.2) is 29.5 Å². The number of hydrogen-bond donors (Lipinski definition) is 2. The van der Waals surface area contributed by atoms with Crippen LogP contribution in [-0.2, 0) is 4.74 Å². The van der Waals surface area contributed by atoms with Crippen LogP contribution in [0.2, 0.25) is 0 Å². The second kappa shape index (κ2) is 4.97. The van der Waals surface area contributed by atoms with E-state index >= 15 is 0 Å². The molecule has 0 aliphatic heterocycles. The minimum atomic E-state index is -0.216. The molecule has 1 aliphatic carbocycles. The summed E-state index contributed by atoms with van der Waals surface area (Å²) in [7, 11) is 1.73. The molecule has 0 aromatic carbocycles. The van der Waals surface area contributed by atoms with Crippen molar-refractivity contribution in [3.63, 3.8) is 0 Å². The Labute approximate surface area is 102 Å². The Morgan fingerprint density at radius 3 is 3.12 bits per heavy atom. The first kappa shape index (κ1) is 11.6. The number of rotatable bonds is 3. The fourth-order valence-corrected chi connectivity index (χ4v) is 2.29. The average Bonchev–Trinajstić information content (AvgIpc) is 2.73. The Morgan fingerprint density at radius 2 is 2.44 bits per heavy atom. The Kier molecular flexibility index (Phi) is 3.60. The van der Waals surface area contributed by atoms with E-state index in [2.05, 4.69) is 31.4 Å². The molecule has 1 aromatic rings. The lowest BCUT2D eigenvalue weighted by Gasteiger charge is -2.14. The summed E-state index contributed by atoms with van der Waals surface area (Å²) in [5, 5.41) is 9.44. The Morgan fingerprint density at radius 1 is 1.62 bits per heavy atom. The number of nitrogens with one attached hydrogen (secondary N) is 2. The van der Waals surface area contributed by atoms with E-state index in [9.17, 15) is 4.79 Å². The molecular weight excluding hydrogens is 274 g/mol. The number of ether oxygens (including phenoxy) is 1. The van der Waals surface area contributed by atoms with Gasteiger partial charge in [-0.2, -0.15) is 5.10 Å². The van der Waals surface area contributed by atoms with Crippen molar-refractivity contribution in [2.75, 3.05) is 12.4 Å². The van der Waals surface area contributed by atoms with E-state index in [1.165, 1.54) is 0 Å². The van der Waals surface area contributed by atoms with Crippen LogP contribution in [0, 0.1) is 0 Å². The zero-order valence-corrected chi connectivity index (χ0v) is 10.6. The molecule has 1 aliphatic rings. The second-order valence-electron chi connectivity index (χ2n) is 3.94. The van der Waals surface area contributed by atoms with Gasteiger partial charge in [-0.05, 0) is 35.2 Å². The summed E-state index contributed by atoms with van der Waals surface area (Å²) in [5.41, 5.74) is 0.525. The van der Waals surface area contributed by atoms with Crippen molar-refractivity contribution in [3.8, 4) is 0 Å². The van der Waals surface area contributed by atoms with Crippen LogP contribution in [0.4, 0.5) is 5.69 Å². The fourth-order valence-electron chi connectivity index (χ4n) is 1.99. The van der Waals surface area contributed by atoms with E-state index < -0.39 is 0 Å². The Bertz CT molecular complexity index is 421. The van der Waals surface area contributed by atoms with Crippen molar-refractivity contribution in [1.82, 2.24) is 10.2 Å². The molecule has 1 fully saturated rings. The lowest BCUT2D eigenvalue weighted by Crippen LogP contribution is -2.20. The third-order valence-corrected chi connectivity index (χ3v) is 3.66. The zero-order chi connectivity index (χ0) is 11.5. The summed E-state index contributed by atoms with van der Waals surface area (Å²) in [6, 6.07) is 0.352. The standard InChI is InChI=1S/C10H14BrN3O2/c1-16-7-3-2-6(4-7)13-8-5-12-14-10(15)9(8)11/h5-7H,2-4H2,1H3,(H2,13,14,15). The number of aromatic nitrogens is 2. The second-order valence-corrected chi connectivity index (χ2v) is 4.73. The summed E-state index contributed by atoms with van der Waals surface area (Å²) in [5.74, 6) is 0. The molecule has 2 unspecified atom stereocenters. The number of halogens is 1. The van der Waals surface area contributed by atoms with Crippen LogP contribution in [0.25, 0.3) is 0 Å². The fraction of sp³-hybridized carbons (Fsp3) is 0.600. The summed E-state index contributed by atoms with van der Waals surface area (Å²) in [6.45, 7) is 0. The van der Waals surface area contributed by atoms with Gasteiger partial charge in [0.2, 0.25) is 0 Å². The van der Waals surface area contributed by atoms with Crippen LogP contribution in [0.5, 0.6) is 0 Å². The lowest BCUT2D eigenvalue weighted by atomic mass is 10.2. The minimum Gasteiger partial charge on any atom is -0.381 e. The predicted molar refractivity (Wildman–Crippen MR) is 64.6 cm³/mol. The first-order chi connectivity index (χ1) is 7.70. The molecule has 0 spiro atoms. The number of anilines is 1. The molecule has 88 valence electrons. The number of methoxy groups -OCH3 is 1. The SMILES string of the molecule is COC1CCC(Nc2cn[nH]c(=O)c2Br)C1. The van der Waals surface area contributed by atoms with Gasteiger partial charge < -0.3 is 10.1 Å². The molecule has 2 N–H and O–H groups in total. The van der Waals surface area contributed by atoms with E-state index in [4.69, 9.17) is 4.74 Å². The largest absolute Gasteiger partial charge is 0.381 e. The van der Waals surface area contributed by atoms with Crippen LogP contribution in [0.15, 0.2) is 15.5 Å². The van der Waals surface area contributed by atoms with Crippen LogP contribution in [0.3, 0.4) is 0 Å². The van der Waals surface area contributed by atoms with Gasteiger partial charge in [0, 0.05) is 13.2 Å². The molecule has 0 saturated heterocycles. The highest BCUT2D eigenvalue weighted by Crippen LogP contribution is 2.26. The first-order valence-electron chi connectivity index (χ1n) is 5.23. The molecule has 2 rings (SSSR count). The molecule has 1 aromatic heterocycles. The molecule has 6 heteroatoms. The molecule has 2 atom stereocenters. The maximum Gasteiger partial charge on any atom is 0.280 e. The van der Waals surface area contributed by atoms with Gasteiger partial charge in [0.1, 0.15) is 4.47 Å². The van der Waals surface area contributed by atoms with Gasteiger partial charge in [-0.3, -0.25) is 4.79 Å². The summed E-state index contributed by atoms with van der Waals surface area (Å²) in [4.78, 5) is 11.3. The molecule has 0 bridgehead atoms. The Hall–Kier alpha value is -0.880. The van der Waals surface area contributed by atoms with E-state index in [0.717, 1.165) is 24.9 Å². The van der Waals surface area contributed by atoms with Gasteiger partial charge in [0.05, 0.1) is 18.0 Å². The number of aromatic amines is 1. The maximum atomic E-state index is 11.3. The third kappa shape index (κ3) is 2.44. The van der Waals surface area contributed by atoms with E-state index in [-0.39, 0.29) is 5.56 Å². The smallest absolute Gasteiger partial charge is 0.280 e. The maximum absolute atomic E-state index is 11.3. The van der Waals surface area contributed by atoms with Crippen molar-refractivity contribution in [2.45, 2.75) is 31.4 Å². The minimum absolute atomic E-state index is 0.216. The van der Waals surface area contributed by atoms with Crippen LogP contribution in [0.1, 0.15) is 19.3 Å². The lowest BCUT2D eigenvalue weighted by molar-refractivity contribution is 0.108. The average molecular weight is 288 g/mol. The summed E-state index contributed by atoms with van der Waals surface area (Å²) >= 11 is 3.24. The molecular formula is C10H14BrN3O2. The normalized spacial score (nSPS) is 24.6. The van der Waals surface area contributed by atoms with Crippen LogP contribution < -0.4 is 10.9 Å². The van der Waals surface area contributed by atoms with Crippen molar-refractivity contribution < 1.29 is 4.74 Å². The van der Waals surface area contributed by atoms with Gasteiger partial charge in [-0.15, -0.1) is 0 Å².